The molecule has 0 saturated carbocycles. The lowest BCUT2D eigenvalue weighted by atomic mass is 10.0. The van der Waals surface area contributed by atoms with Crippen LogP contribution in [0.2, 0.25) is 0 Å². The van der Waals surface area contributed by atoms with Crippen LogP contribution in [0.15, 0.2) is 30.5 Å². The van der Waals surface area contributed by atoms with Crippen LogP contribution in [0.3, 0.4) is 0 Å². The standard InChI is InChI=1S/C14H19N/c1-11(2)8-9-12-10-15(3)14-7-5-4-6-13(12)14/h4-7,10-11H,8-9H2,1-3H3. The Bertz CT molecular complexity index is 451. The van der Waals surface area contributed by atoms with Crippen molar-refractivity contribution in [3.8, 4) is 0 Å². The zero-order valence-electron chi connectivity index (χ0n) is 9.83. The first-order valence-corrected chi connectivity index (χ1v) is 5.71. The van der Waals surface area contributed by atoms with E-state index < -0.39 is 0 Å². The Morgan fingerprint density at radius 2 is 1.93 bits per heavy atom. The molecule has 1 nitrogen and oxygen atoms in total. The predicted octanol–water partition coefficient (Wildman–Crippen LogP) is 3.77. The monoisotopic (exact) mass is 201 g/mol. The van der Waals surface area contributed by atoms with Crippen molar-refractivity contribution < 1.29 is 0 Å². The topological polar surface area (TPSA) is 4.93 Å². The average molecular weight is 201 g/mol. The highest BCUT2D eigenvalue weighted by atomic mass is 14.9. The third kappa shape index (κ3) is 2.06. The maximum absolute atomic E-state index is 2.28. The second-order valence-electron chi connectivity index (χ2n) is 4.71. The fourth-order valence-electron chi connectivity index (χ4n) is 2.07. The van der Waals surface area contributed by atoms with Crippen LogP contribution in [-0.2, 0) is 13.5 Å². The van der Waals surface area contributed by atoms with Gasteiger partial charge in [0, 0.05) is 24.1 Å². The van der Waals surface area contributed by atoms with E-state index in [1.807, 2.05) is 0 Å². The maximum atomic E-state index is 2.28. The summed E-state index contributed by atoms with van der Waals surface area (Å²) in [4.78, 5) is 0. The van der Waals surface area contributed by atoms with E-state index in [2.05, 4.69) is 55.9 Å². The first kappa shape index (κ1) is 10.3. The fraction of sp³-hybridized carbons (Fsp3) is 0.429. The number of hydrogen-bond donors (Lipinski definition) is 0. The minimum atomic E-state index is 0.781. The van der Waals surface area contributed by atoms with Crippen molar-refractivity contribution in [1.82, 2.24) is 4.57 Å². The average Bonchev–Trinajstić information content (AvgIpc) is 2.54. The molecule has 0 aliphatic rings. The Kier molecular flexibility index (Phi) is 2.81. The van der Waals surface area contributed by atoms with Gasteiger partial charge in [0.15, 0.2) is 0 Å². The summed E-state index contributed by atoms with van der Waals surface area (Å²) >= 11 is 0. The molecule has 0 N–H and O–H groups in total. The van der Waals surface area contributed by atoms with Crippen LogP contribution < -0.4 is 0 Å². The Morgan fingerprint density at radius 3 is 2.67 bits per heavy atom. The Balaban J connectivity index is 2.35. The van der Waals surface area contributed by atoms with Crippen molar-refractivity contribution in [3.63, 3.8) is 0 Å². The fourth-order valence-corrected chi connectivity index (χ4v) is 2.07. The molecule has 2 aromatic rings. The molecule has 0 bridgehead atoms. The van der Waals surface area contributed by atoms with Gasteiger partial charge in [0.25, 0.3) is 0 Å². The molecule has 1 aromatic carbocycles. The SMILES string of the molecule is CC(C)CCc1cn(C)c2ccccc12. The van der Waals surface area contributed by atoms with E-state index in [0.717, 1.165) is 5.92 Å². The van der Waals surface area contributed by atoms with Crippen LogP contribution >= 0.6 is 0 Å². The van der Waals surface area contributed by atoms with Crippen molar-refractivity contribution in [3.05, 3.63) is 36.0 Å². The molecule has 0 radical (unpaired) electrons. The van der Waals surface area contributed by atoms with Gasteiger partial charge in [0.1, 0.15) is 0 Å². The number of aromatic nitrogens is 1. The lowest BCUT2D eigenvalue weighted by molar-refractivity contribution is 0.587. The van der Waals surface area contributed by atoms with E-state index in [4.69, 9.17) is 0 Å². The van der Waals surface area contributed by atoms with Crippen molar-refractivity contribution in [1.29, 1.82) is 0 Å². The summed E-state index contributed by atoms with van der Waals surface area (Å²) in [7, 11) is 2.13. The quantitative estimate of drug-likeness (QED) is 0.712. The van der Waals surface area contributed by atoms with Gasteiger partial charge in [0.05, 0.1) is 0 Å². The van der Waals surface area contributed by atoms with Crippen LogP contribution in [0.4, 0.5) is 0 Å². The molecule has 80 valence electrons. The van der Waals surface area contributed by atoms with Crippen molar-refractivity contribution >= 4 is 10.9 Å². The van der Waals surface area contributed by atoms with E-state index in [9.17, 15) is 0 Å². The van der Waals surface area contributed by atoms with Crippen molar-refractivity contribution in [2.75, 3.05) is 0 Å². The minimum absolute atomic E-state index is 0.781. The molecule has 15 heavy (non-hydrogen) atoms. The third-order valence-corrected chi connectivity index (χ3v) is 2.97. The summed E-state index contributed by atoms with van der Waals surface area (Å²) in [5.41, 5.74) is 2.83. The second kappa shape index (κ2) is 4.09. The third-order valence-electron chi connectivity index (χ3n) is 2.97. The highest BCUT2D eigenvalue weighted by Gasteiger charge is 2.05. The molecule has 0 amide bonds. The maximum Gasteiger partial charge on any atom is 0.0480 e. The molecule has 1 heterocycles. The van der Waals surface area contributed by atoms with E-state index >= 15 is 0 Å². The van der Waals surface area contributed by atoms with Crippen LogP contribution in [-0.4, -0.2) is 4.57 Å². The molecule has 0 spiro atoms. The number of fused-ring (bicyclic) bond motifs is 1. The van der Waals surface area contributed by atoms with E-state index in [1.54, 1.807) is 0 Å². The van der Waals surface area contributed by atoms with Crippen molar-refractivity contribution in [2.24, 2.45) is 13.0 Å². The number of aryl methyl sites for hydroxylation is 2. The molecule has 0 aliphatic carbocycles. The first-order valence-electron chi connectivity index (χ1n) is 5.71. The van der Waals surface area contributed by atoms with Gasteiger partial charge >= 0.3 is 0 Å². The molecule has 0 atom stereocenters. The van der Waals surface area contributed by atoms with Gasteiger partial charge in [0.2, 0.25) is 0 Å². The molecule has 1 heteroatoms. The van der Waals surface area contributed by atoms with Crippen LogP contribution in [0, 0.1) is 5.92 Å². The predicted molar refractivity (Wildman–Crippen MR) is 66.1 cm³/mol. The number of hydrogen-bond acceptors (Lipinski definition) is 0. The summed E-state index contributed by atoms with van der Waals surface area (Å²) in [6, 6.07) is 8.65. The molecular formula is C14H19N. The first-order chi connectivity index (χ1) is 7.18. The molecule has 0 saturated heterocycles. The van der Waals surface area contributed by atoms with Gasteiger partial charge in [-0.05, 0) is 30.4 Å². The van der Waals surface area contributed by atoms with Crippen LogP contribution in [0.5, 0.6) is 0 Å². The van der Waals surface area contributed by atoms with Gasteiger partial charge < -0.3 is 4.57 Å². The Hall–Kier alpha value is -1.24. The molecule has 2 rings (SSSR count). The molecule has 1 aromatic heterocycles. The van der Waals surface area contributed by atoms with Crippen LogP contribution in [0.1, 0.15) is 25.8 Å². The lowest BCUT2D eigenvalue weighted by Crippen LogP contribution is -1.91. The Labute approximate surface area is 91.7 Å². The summed E-state index contributed by atoms with van der Waals surface area (Å²) < 4.78 is 2.23. The number of nitrogens with zero attached hydrogens (tertiary/aromatic N) is 1. The summed E-state index contributed by atoms with van der Waals surface area (Å²) in [5.74, 6) is 0.781. The van der Waals surface area contributed by atoms with Crippen molar-refractivity contribution in [2.45, 2.75) is 26.7 Å². The van der Waals surface area contributed by atoms with Crippen LogP contribution in [0.25, 0.3) is 10.9 Å². The van der Waals surface area contributed by atoms with Gasteiger partial charge in [-0.1, -0.05) is 32.0 Å². The summed E-state index contributed by atoms with van der Waals surface area (Å²) in [6.07, 6.45) is 4.74. The lowest BCUT2D eigenvalue weighted by Gasteiger charge is -2.02. The van der Waals surface area contributed by atoms with Gasteiger partial charge in [-0.3, -0.25) is 0 Å². The zero-order valence-corrected chi connectivity index (χ0v) is 9.83. The molecule has 0 aliphatic heterocycles. The van der Waals surface area contributed by atoms with E-state index in [1.165, 1.54) is 29.3 Å². The Morgan fingerprint density at radius 1 is 1.20 bits per heavy atom. The highest BCUT2D eigenvalue weighted by Crippen LogP contribution is 2.22. The minimum Gasteiger partial charge on any atom is -0.350 e. The van der Waals surface area contributed by atoms with Gasteiger partial charge in [-0.15, -0.1) is 0 Å². The smallest absolute Gasteiger partial charge is 0.0480 e. The van der Waals surface area contributed by atoms with E-state index in [-0.39, 0.29) is 0 Å². The summed E-state index contributed by atoms with van der Waals surface area (Å²) in [5, 5.41) is 1.42. The van der Waals surface area contributed by atoms with E-state index in [0.29, 0.717) is 0 Å². The van der Waals surface area contributed by atoms with Gasteiger partial charge in [-0.2, -0.15) is 0 Å². The largest absolute Gasteiger partial charge is 0.350 e. The number of benzene rings is 1. The highest BCUT2D eigenvalue weighted by molar-refractivity contribution is 5.83. The second-order valence-corrected chi connectivity index (χ2v) is 4.71. The number of rotatable bonds is 3. The molecule has 0 fully saturated rings. The van der Waals surface area contributed by atoms with Gasteiger partial charge in [-0.25, -0.2) is 0 Å². The zero-order chi connectivity index (χ0) is 10.8. The molecular weight excluding hydrogens is 182 g/mol. The number of para-hydroxylation sites is 1. The summed E-state index contributed by atoms with van der Waals surface area (Å²) in [6.45, 7) is 4.57. The normalized spacial score (nSPS) is 11.5. The molecule has 0 unspecified atom stereocenters.